The molecule has 0 fully saturated rings. The van der Waals surface area contributed by atoms with Crippen LogP contribution in [0.4, 0.5) is 5.69 Å². The highest BCUT2D eigenvalue weighted by atomic mass is 79.9. The molecule has 5 heteroatoms. The van der Waals surface area contributed by atoms with Gasteiger partial charge in [-0.15, -0.1) is 0 Å². The summed E-state index contributed by atoms with van der Waals surface area (Å²) in [5.41, 5.74) is 6.11. The second-order valence-electron chi connectivity index (χ2n) is 3.43. The zero-order valence-electron chi connectivity index (χ0n) is 8.94. The molecule has 0 aliphatic rings. The van der Waals surface area contributed by atoms with Crippen LogP contribution in [-0.4, -0.2) is 5.91 Å². The maximum absolute atomic E-state index is 11.8. The molecule has 2 rings (SSSR count). The molecule has 1 amide bonds. The minimum Gasteiger partial charge on any atom is -0.455 e. The van der Waals surface area contributed by atoms with Gasteiger partial charge in [-0.1, -0.05) is 15.9 Å². The number of anilines is 1. The van der Waals surface area contributed by atoms with Crippen LogP contribution in [-0.2, 0) is 6.54 Å². The predicted octanol–water partition coefficient (Wildman–Crippen LogP) is 2.75. The molecular weight excluding hydrogens is 284 g/mol. The molecule has 1 heterocycles. The third-order valence-electron chi connectivity index (χ3n) is 2.19. The number of nitrogens with one attached hydrogen (secondary N) is 1. The van der Waals surface area contributed by atoms with Gasteiger partial charge in [0.25, 0.3) is 5.91 Å². The molecule has 0 aliphatic carbocycles. The van der Waals surface area contributed by atoms with Gasteiger partial charge in [-0.3, -0.25) is 4.79 Å². The molecule has 1 aromatic carbocycles. The van der Waals surface area contributed by atoms with Crippen LogP contribution in [0.3, 0.4) is 0 Å². The van der Waals surface area contributed by atoms with Crippen LogP contribution in [0.5, 0.6) is 0 Å². The molecule has 0 bridgehead atoms. The van der Waals surface area contributed by atoms with E-state index in [1.54, 1.807) is 24.3 Å². The van der Waals surface area contributed by atoms with Crippen molar-refractivity contribution in [3.63, 3.8) is 0 Å². The number of halogens is 1. The molecule has 17 heavy (non-hydrogen) atoms. The lowest BCUT2D eigenvalue weighted by Crippen LogP contribution is -2.10. The number of amides is 1. The van der Waals surface area contributed by atoms with Gasteiger partial charge in [-0.05, 0) is 36.4 Å². The van der Waals surface area contributed by atoms with Gasteiger partial charge in [0.05, 0.1) is 6.54 Å². The number of rotatable bonds is 3. The largest absolute Gasteiger partial charge is 0.455 e. The fourth-order valence-corrected chi connectivity index (χ4v) is 1.60. The van der Waals surface area contributed by atoms with E-state index >= 15 is 0 Å². The Labute approximate surface area is 107 Å². The average molecular weight is 295 g/mol. The molecular formula is C12H11BrN2O2. The maximum atomic E-state index is 11.8. The van der Waals surface area contributed by atoms with Crippen LogP contribution in [0.15, 0.2) is 45.3 Å². The number of hydrogen-bond donors (Lipinski definition) is 2. The molecule has 3 N–H and O–H groups in total. The highest BCUT2D eigenvalue weighted by Crippen LogP contribution is 2.15. The lowest BCUT2D eigenvalue weighted by atomic mass is 10.3. The molecule has 0 unspecified atom stereocenters. The topological polar surface area (TPSA) is 68.3 Å². The lowest BCUT2D eigenvalue weighted by Gasteiger charge is -2.02. The number of hydrogen-bond acceptors (Lipinski definition) is 3. The van der Waals surface area contributed by atoms with E-state index in [0.29, 0.717) is 11.4 Å². The second kappa shape index (κ2) is 5.16. The molecule has 2 aromatic rings. The zero-order valence-corrected chi connectivity index (χ0v) is 10.5. The van der Waals surface area contributed by atoms with Crippen LogP contribution < -0.4 is 11.1 Å². The first kappa shape index (κ1) is 11.9. The zero-order chi connectivity index (χ0) is 12.3. The fraction of sp³-hybridized carbons (Fsp3) is 0.0833. The van der Waals surface area contributed by atoms with Gasteiger partial charge in [0.2, 0.25) is 0 Å². The number of carbonyl (C=O) groups excluding carboxylic acids is 1. The van der Waals surface area contributed by atoms with Crippen molar-refractivity contribution in [3.05, 3.63) is 52.4 Å². The lowest BCUT2D eigenvalue weighted by molar-refractivity contribution is 0.0995. The molecule has 0 saturated heterocycles. The van der Waals surface area contributed by atoms with Crippen LogP contribution in [0.2, 0.25) is 0 Å². The standard InChI is InChI=1S/C12H11BrN2O2/c13-8-1-3-9(4-2-8)15-12(16)11-6-5-10(7-14)17-11/h1-6H,7,14H2,(H,15,16). The Hall–Kier alpha value is -1.59. The summed E-state index contributed by atoms with van der Waals surface area (Å²) >= 11 is 3.32. The van der Waals surface area contributed by atoms with Crippen molar-refractivity contribution < 1.29 is 9.21 Å². The quantitative estimate of drug-likeness (QED) is 0.914. The van der Waals surface area contributed by atoms with Crippen molar-refractivity contribution in [2.24, 2.45) is 5.73 Å². The van der Waals surface area contributed by atoms with E-state index in [4.69, 9.17) is 10.2 Å². The predicted molar refractivity (Wildman–Crippen MR) is 68.7 cm³/mol. The first-order chi connectivity index (χ1) is 8.19. The molecule has 0 atom stereocenters. The Kier molecular flexibility index (Phi) is 3.61. The van der Waals surface area contributed by atoms with E-state index in [-0.39, 0.29) is 18.2 Å². The summed E-state index contributed by atoms with van der Waals surface area (Å²) in [7, 11) is 0. The fourth-order valence-electron chi connectivity index (χ4n) is 1.34. The van der Waals surface area contributed by atoms with Crippen molar-refractivity contribution in [2.75, 3.05) is 5.32 Å². The Morgan fingerprint density at radius 2 is 1.94 bits per heavy atom. The highest BCUT2D eigenvalue weighted by molar-refractivity contribution is 9.10. The minimum absolute atomic E-state index is 0.258. The summed E-state index contributed by atoms with van der Waals surface area (Å²) in [6.45, 7) is 0.283. The molecule has 88 valence electrons. The van der Waals surface area contributed by atoms with Gasteiger partial charge in [-0.2, -0.15) is 0 Å². The Balaban J connectivity index is 2.08. The van der Waals surface area contributed by atoms with E-state index in [9.17, 15) is 4.79 Å². The van der Waals surface area contributed by atoms with Crippen molar-refractivity contribution in [1.82, 2.24) is 0 Å². The molecule has 0 spiro atoms. The van der Waals surface area contributed by atoms with Crippen molar-refractivity contribution in [3.8, 4) is 0 Å². The normalized spacial score (nSPS) is 10.2. The number of nitrogens with two attached hydrogens (primary N) is 1. The highest BCUT2D eigenvalue weighted by Gasteiger charge is 2.10. The third kappa shape index (κ3) is 2.95. The van der Waals surface area contributed by atoms with E-state index < -0.39 is 0 Å². The summed E-state index contributed by atoms with van der Waals surface area (Å²) in [4.78, 5) is 11.8. The molecule has 0 radical (unpaired) electrons. The van der Waals surface area contributed by atoms with E-state index in [1.165, 1.54) is 0 Å². The first-order valence-electron chi connectivity index (χ1n) is 5.05. The van der Waals surface area contributed by atoms with Gasteiger partial charge in [-0.25, -0.2) is 0 Å². The Morgan fingerprint density at radius 3 is 2.53 bits per heavy atom. The SMILES string of the molecule is NCc1ccc(C(=O)Nc2ccc(Br)cc2)o1. The number of furan rings is 1. The molecule has 0 saturated carbocycles. The van der Waals surface area contributed by atoms with E-state index in [1.807, 2.05) is 12.1 Å². The van der Waals surface area contributed by atoms with E-state index in [0.717, 1.165) is 4.47 Å². The third-order valence-corrected chi connectivity index (χ3v) is 2.72. The van der Waals surface area contributed by atoms with Crippen LogP contribution in [0, 0.1) is 0 Å². The van der Waals surface area contributed by atoms with Crippen LogP contribution in [0.25, 0.3) is 0 Å². The smallest absolute Gasteiger partial charge is 0.291 e. The molecule has 4 nitrogen and oxygen atoms in total. The Morgan fingerprint density at radius 1 is 1.24 bits per heavy atom. The van der Waals surface area contributed by atoms with E-state index in [2.05, 4.69) is 21.2 Å². The summed E-state index contributed by atoms with van der Waals surface area (Å²) < 4.78 is 6.20. The summed E-state index contributed by atoms with van der Waals surface area (Å²) in [5, 5.41) is 2.73. The Bertz CT molecular complexity index is 520. The maximum Gasteiger partial charge on any atom is 0.291 e. The van der Waals surface area contributed by atoms with Crippen LogP contribution >= 0.6 is 15.9 Å². The average Bonchev–Trinajstić information content (AvgIpc) is 2.81. The number of benzene rings is 1. The second-order valence-corrected chi connectivity index (χ2v) is 4.35. The molecule has 1 aromatic heterocycles. The van der Waals surface area contributed by atoms with Crippen molar-refractivity contribution in [2.45, 2.75) is 6.54 Å². The summed E-state index contributed by atoms with van der Waals surface area (Å²) in [6.07, 6.45) is 0. The van der Waals surface area contributed by atoms with Crippen LogP contribution in [0.1, 0.15) is 16.3 Å². The van der Waals surface area contributed by atoms with Gasteiger partial charge in [0.1, 0.15) is 5.76 Å². The van der Waals surface area contributed by atoms with Crippen molar-refractivity contribution >= 4 is 27.5 Å². The summed E-state index contributed by atoms with van der Waals surface area (Å²) in [6, 6.07) is 10.6. The minimum atomic E-state index is -0.285. The van der Waals surface area contributed by atoms with Gasteiger partial charge in [0.15, 0.2) is 5.76 Å². The first-order valence-corrected chi connectivity index (χ1v) is 5.84. The molecule has 0 aliphatic heterocycles. The monoisotopic (exact) mass is 294 g/mol. The van der Waals surface area contributed by atoms with Gasteiger partial charge >= 0.3 is 0 Å². The number of carbonyl (C=O) groups is 1. The van der Waals surface area contributed by atoms with Gasteiger partial charge in [0, 0.05) is 10.2 Å². The van der Waals surface area contributed by atoms with Gasteiger partial charge < -0.3 is 15.5 Å². The summed E-state index contributed by atoms with van der Waals surface area (Å²) in [5.74, 6) is 0.561. The van der Waals surface area contributed by atoms with Crippen molar-refractivity contribution in [1.29, 1.82) is 0 Å².